The average Bonchev–Trinajstić information content (AvgIpc) is 2.46. The van der Waals surface area contributed by atoms with Gasteiger partial charge in [0.1, 0.15) is 0 Å². The molecule has 1 aliphatic heterocycles. The van der Waals surface area contributed by atoms with Crippen LogP contribution < -0.4 is 10.2 Å². The monoisotopic (exact) mass is 280 g/mol. The number of hydrogen-bond acceptors (Lipinski definition) is 6. The number of aliphatic carboxylic acids is 1. The van der Waals surface area contributed by atoms with Gasteiger partial charge in [-0.15, -0.1) is 10.2 Å². The summed E-state index contributed by atoms with van der Waals surface area (Å²) in [5, 5.41) is 19.1. The molecule has 2 heterocycles. The number of hydrogen-bond donors (Lipinski definition) is 2. The van der Waals surface area contributed by atoms with Crippen molar-refractivity contribution in [2.75, 3.05) is 31.6 Å². The summed E-state index contributed by atoms with van der Waals surface area (Å²) in [4.78, 5) is 24.0. The highest BCUT2D eigenvalue weighted by Crippen LogP contribution is 2.16. The smallest absolute Gasteiger partial charge is 0.306 e. The normalized spacial score (nSPS) is 18.6. The van der Waals surface area contributed by atoms with Gasteiger partial charge in [-0.25, -0.2) is 0 Å². The Morgan fingerprint density at radius 3 is 2.90 bits per heavy atom. The molecule has 1 atom stereocenters. The molecule has 108 valence electrons. The first-order chi connectivity index (χ1) is 9.60. The zero-order chi connectivity index (χ0) is 14.5. The summed E-state index contributed by atoms with van der Waals surface area (Å²) in [6.45, 7) is 1.50. The molecule has 0 saturated carbocycles. The Morgan fingerprint density at radius 1 is 1.50 bits per heavy atom. The Balaban J connectivity index is 2.03. The first-order valence-corrected chi connectivity index (χ1v) is 6.24. The lowest BCUT2D eigenvalue weighted by Gasteiger charge is -2.32. The maximum absolute atomic E-state index is 11.4. The number of ether oxygens (including phenoxy) is 1. The molecule has 0 bridgehead atoms. The van der Waals surface area contributed by atoms with E-state index in [0.717, 1.165) is 0 Å². The number of carboxylic acids is 1. The molecular formula is C12H16N4O4. The summed E-state index contributed by atoms with van der Waals surface area (Å²) in [5.74, 6) is -0.580. The van der Waals surface area contributed by atoms with Crippen molar-refractivity contribution in [2.24, 2.45) is 0 Å². The zero-order valence-electron chi connectivity index (χ0n) is 11.1. The van der Waals surface area contributed by atoms with E-state index >= 15 is 0 Å². The second-order valence-corrected chi connectivity index (χ2v) is 4.39. The quantitative estimate of drug-likeness (QED) is 0.767. The van der Waals surface area contributed by atoms with E-state index in [0.29, 0.717) is 25.5 Å². The lowest BCUT2D eigenvalue weighted by molar-refractivity contribution is -0.140. The van der Waals surface area contributed by atoms with E-state index in [2.05, 4.69) is 15.5 Å². The molecule has 0 aliphatic carbocycles. The molecule has 2 rings (SSSR count). The number of amides is 1. The fraction of sp³-hybridized carbons (Fsp3) is 0.500. The van der Waals surface area contributed by atoms with Gasteiger partial charge in [0.05, 0.1) is 19.1 Å². The molecule has 1 fully saturated rings. The third kappa shape index (κ3) is 3.41. The first kappa shape index (κ1) is 14.2. The van der Waals surface area contributed by atoms with Crippen LogP contribution in [-0.4, -0.2) is 60.0 Å². The van der Waals surface area contributed by atoms with E-state index in [1.165, 1.54) is 7.05 Å². The largest absolute Gasteiger partial charge is 0.481 e. The van der Waals surface area contributed by atoms with Gasteiger partial charge in [0.2, 0.25) is 0 Å². The van der Waals surface area contributed by atoms with Crippen LogP contribution in [0.15, 0.2) is 12.1 Å². The standard InChI is InChI=1S/C12H16N4O4/c1-13-12(19)9-2-3-10(15-14-9)16-4-5-20-8(7-16)6-11(17)18/h2-3,8H,4-7H2,1H3,(H,13,19)(H,17,18). The SMILES string of the molecule is CNC(=O)c1ccc(N2CCOC(CC(=O)O)C2)nn1. The number of nitrogens with one attached hydrogen (secondary N) is 1. The molecule has 0 radical (unpaired) electrons. The summed E-state index contributed by atoms with van der Waals surface area (Å²) in [6.07, 6.45) is -0.401. The van der Waals surface area contributed by atoms with Crippen molar-refractivity contribution in [3.8, 4) is 0 Å². The summed E-state index contributed by atoms with van der Waals surface area (Å²) >= 11 is 0. The third-order valence-corrected chi connectivity index (χ3v) is 2.98. The number of aromatic nitrogens is 2. The van der Waals surface area contributed by atoms with Crippen LogP contribution in [-0.2, 0) is 9.53 Å². The minimum Gasteiger partial charge on any atom is -0.481 e. The maximum atomic E-state index is 11.4. The highest BCUT2D eigenvalue weighted by atomic mass is 16.5. The number of nitrogens with zero attached hydrogens (tertiary/aromatic N) is 3. The lowest BCUT2D eigenvalue weighted by Crippen LogP contribution is -2.43. The van der Waals surface area contributed by atoms with E-state index in [1.54, 1.807) is 12.1 Å². The maximum Gasteiger partial charge on any atom is 0.306 e. The van der Waals surface area contributed by atoms with Gasteiger partial charge in [0.25, 0.3) is 5.91 Å². The van der Waals surface area contributed by atoms with E-state index in [-0.39, 0.29) is 24.1 Å². The topological polar surface area (TPSA) is 105 Å². The van der Waals surface area contributed by atoms with Gasteiger partial charge >= 0.3 is 5.97 Å². The molecule has 2 N–H and O–H groups in total. The fourth-order valence-corrected chi connectivity index (χ4v) is 1.99. The Bertz CT molecular complexity index is 491. The average molecular weight is 280 g/mol. The van der Waals surface area contributed by atoms with Crippen LogP contribution in [0.5, 0.6) is 0 Å². The van der Waals surface area contributed by atoms with E-state index < -0.39 is 5.97 Å². The second-order valence-electron chi connectivity index (χ2n) is 4.39. The minimum absolute atomic E-state index is 0.0414. The van der Waals surface area contributed by atoms with Gasteiger partial charge in [-0.3, -0.25) is 9.59 Å². The number of carboxylic acid groups (broad SMARTS) is 1. The molecule has 0 aromatic carbocycles. The second kappa shape index (κ2) is 6.29. The summed E-state index contributed by atoms with van der Waals surface area (Å²) in [7, 11) is 1.52. The van der Waals surface area contributed by atoms with E-state index in [9.17, 15) is 9.59 Å². The lowest BCUT2D eigenvalue weighted by atomic mass is 10.2. The van der Waals surface area contributed by atoms with Crippen LogP contribution >= 0.6 is 0 Å². The molecule has 1 aliphatic rings. The van der Waals surface area contributed by atoms with Crippen LogP contribution in [0.1, 0.15) is 16.9 Å². The molecule has 20 heavy (non-hydrogen) atoms. The van der Waals surface area contributed by atoms with Crippen molar-refractivity contribution < 1.29 is 19.4 Å². The molecule has 1 unspecified atom stereocenters. The van der Waals surface area contributed by atoms with Gasteiger partial charge in [0, 0.05) is 20.1 Å². The molecule has 1 aromatic heterocycles. The first-order valence-electron chi connectivity index (χ1n) is 6.24. The Kier molecular flexibility index (Phi) is 4.46. The minimum atomic E-state index is -0.891. The van der Waals surface area contributed by atoms with E-state index in [4.69, 9.17) is 9.84 Å². The number of morpholine rings is 1. The van der Waals surface area contributed by atoms with Crippen molar-refractivity contribution in [1.29, 1.82) is 0 Å². The molecule has 0 spiro atoms. The predicted molar refractivity (Wildman–Crippen MR) is 69.6 cm³/mol. The van der Waals surface area contributed by atoms with E-state index in [1.807, 2.05) is 4.90 Å². The Hall–Kier alpha value is -2.22. The van der Waals surface area contributed by atoms with Crippen molar-refractivity contribution >= 4 is 17.7 Å². The van der Waals surface area contributed by atoms with Crippen LogP contribution in [0, 0.1) is 0 Å². The number of carbonyl (C=O) groups is 2. The number of carbonyl (C=O) groups excluding carboxylic acids is 1. The fourth-order valence-electron chi connectivity index (χ4n) is 1.99. The summed E-state index contributed by atoms with van der Waals surface area (Å²) in [5.41, 5.74) is 0.242. The molecular weight excluding hydrogens is 264 g/mol. The van der Waals surface area contributed by atoms with Gasteiger partial charge in [0.15, 0.2) is 11.5 Å². The zero-order valence-corrected chi connectivity index (χ0v) is 11.1. The van der Waals surface area contributed by atoms with Crippen molar-refractivity contribution in [3.05, 3.63) is 17.8 Å². The van der Waals surface area contributed by atoms with Crippen molar-refractivity contribution in [2.45, 2.75) is 12.5 Å². The van der Waals surface area contributed by atoms with Crippen LogP contribution in [0.3, 0.4) is 0 Å². The van der Waals surface area contributed by atoms with Crippen LogP contribution in [0.25, 0.3) is 0 Å². The van der Waals surface area contributed by atoms with Crippen LogP contribution in [0.4, 0.5) is 5.82 Å². The molecule has 1 amide bonds. The summed E-state index contributed by atoms with van der Waals surface area (Å²) < 4.78 is 5.39. The third-order valence-electron chi connectivity index (χ3n) is 2.98. The molecule has 8 nitrogen and oxygen atoms in total. The highest BCUT2D eigenvalue weighted by Gasteiger charge is 2.24. The van der Waals surface area contributed by atoms with Gasteiger partial charge in [-0.2, -0.15) is 0 Å². The molecule has 8 heteroatoms. The Morgan fingerprint density at radius 2 is 2.30 bits per heavy atom. The Labute approximate surface area is 115 Å². The van der Waals surface area contributed by atoms with Crippen molar-refractivity contribution in [3.63, 3.8) is 0 Å². The number of rotatable bonds is 4. The predicted octanol–water partition coefficient (Wildman–Crippen LogP) is -0.484. The molecule has 1 aromatic rings. The van der Waals surface area contributed by atoms with Crippen molar-refractivity contribution in [1.82, 2.24) is 15.5 Å². The summed E-state index contributed by atoms with van der Waals surface area (Å²) in [6, 6.07) is 3.28. The highest BCUT2D eigenvalue weighted by molar-refractivity contribution is 5.91. The molecule has 1 saturated heterocycles. The van der Waals surface area contributed by atoms with Gasteiger partial charge in [-0.05, 0) is 12.1 Å². The van der Waals surface area contributed by atoms with Crippen LogP contribution in [0.2, 0.25) is 0 Å². The van der Waals surface area contributed by atoms with Gasteiger partial charge < -0.3 is 20.1 Å². The van der Waals surface area contributed by atoms with Gasteiger partial charge in [-0.1, -0.05) is 0 Å². The number of anilines is 1.